The summed E-state index contributed by atoms with van der Waals surface area (Å²) in [6.07, 6.45) is 0. The minimum Gasteiger partial charge on any atom is -0.370 e. The van der Waals surface area contributed by atoms with Crippen molar-refractivity contribution in [1.29, 1.82) is 0 Å². The summed E-state index contributed by atoms with van der Waals surface area (Å²) in [5, 5.41) is 0. The normalized spacial score (nSPS) is 15.4. The van der Waals surface area contributed by atoms with Gasteiger partial charge >= 0.3 is 0 Å². The molecule has 1 heterocycles. The number of nitrogens with two attached hydrogens (primary N) is 1. The second-order valence-corrected chi connectivity index (χ2v) is 4.95. The van der Waals surface area contributed by atoms with Crippen LogP contribution in [-0.2, 0) is 6.54 Å². The molecule has 0 aliphatic carbocycles. The number of hydrogen-bond acceptors (Lipinski definition) is 2. The minimum atomic E-state index is -0.205. The standard InChI is InChI=1S/C16H17FN2/c17-15-7-4-8-16(14(15)9-18)19-10-13(11-19)12-5-2-1-3-6-12/h1-8,13H,9-11,18H2. The SMILES string of the molecule is NCc1c(F)cccc1N1CC(c2ccccc2)C1. The fourth-order valence-electron chi connectivity index (χ4n) is 2.66. The van der Waals surface area contributed by atoms with Crippen LogP contribution in [0, 0.1) is 5.82 Å². The summed E-state index contributed by atoms with van der Waals surface area (Å²) in [7, 11) is 0. The Morgan fingerprint density at radius 1 is 1.05 bits per heavy atom. The van der Waals surface area contributed by atoms with Crippen molar-refractivity contribution in [2.75, 3.05) is 18.0 Å². The average Bonchev–Trinajstić information content (AvgIpc) is 2.38. The third-order valence-electron chi connectivity index (χ3n) is 3.79. The van der Waals surface area contributed by atoms with Crippen LogP contribution in [0.15, 0.2) is 48.5 Å². The van der Waals surface area contributed by atoms with Crippen molar-refractivity contribution < 1.29 is 4.39 Å². The molecule has 0 unspecified atom stereocenters. The molecule has 0 radical (unpaired) electrons. The van der Waals surface area contributed by atoms with Crippen LogP contribution in [0.4, 0.5) is 10.1 Å². The van der Waals surface area contributed by atoms with Gasteiger partial charge < -0.3 is 10.6 Å². The second-order valence-electron chi connectivity index (χ2n) is 4.95. The molecule has 3 heteroatoms. The van der Waals surface area contributed by atoms with E-state index >= 15 is 0 Å². The van der Waals surface area contributed by atoms with Gasteiger partial charge in [0.25, 0.3) is 0 Å². The molecule has 0 bridgehead atoms. The summed E-state index contributed by atoms with van der Waals surface area (Å²) in [6.45, 7) is 2.11. The molecule has 0 atom stereocenters. The van der Waals surface area contributed by atoms with Crippen molar-refractivity contribution >= 4 is 5.69 Å². The lowest BCUT2D eigenvalue weighted by molar-refractivity contribution is 0.519. The van der Waals surface area contributed by atoms with Crippen molar-refractivity contribution in [3.8, 4) is 0 Å². The molecule has 0 saturated carbocycles. The van der Waals surface area contributed by atoms with Crippen LogP contribution in [0.25, 0.3) is 0 Å². The maximum absolute atomic E-state index is 13.7. The molecule has 1 fully saturated rings. The zero-order valence-electron chi connectivity index (χ0n) is 10.7. The topological polar surface area (TPSA) is 29.3 Å². The van der Waals surface area contributed by atoms with E-state index < -0.39 is 0 Å². The number of rotatable bonds is 3. The van der Waals surface area contributed by atoms with E-state index in [-0.39, 0.29) is 12.4 Å². The van der Waals surface area contributed by atoms with Crippen LogP contribution in [0.2, 0.25) is 0 Å². The Bertz CT molecular complexity index is 562. The average molecular weight is 256 g/mol. The molecule has 2 nitrogen and oxygen atoms in total. The first kappa shape index (κ1) is 12.2. The highest BCUT2D eigenvalue weighted by atomic mass is 19.1. The number of halogens is 1. The monoisotopic (exact) mass is 256 g/mol. The lowest BCUT2D eigenvalue weighted by Crippen LogP contribution is -2.45. The summed E-state index contributed by atoms with van der Waals surface area (Å²) >= 11 is 0. The molecule has 3 rings (SSSR count). The van der Waals surface area contributed by atoms with E-state index in [0.29, 0.717) is 11.5 Å². The van der Waals surface area contributed by atoms with Crippen LogP contribution in [0.3, 0.4) is 0 Å². The molecule has 0 amide bonds. The first-order valence-electron chi connectivity index (χ1n) is 6.57. The van der Waals surface area contributed by atoms with Gasteiger partial charge in [-0.05, 0) is 17.7 Å². The predicted octanol–water partition coefficient (Wildman–Crippen LogP) is 2.89. The van der Waals surface area contributed by atoms with Gasteiger partial charge in [-0.3, -0.25) is 0 Å². The molecule has 1 aliphatic rings. The summed E-state index contributed by atoms with van der Waals surface area (Å²) in [4.78, 5) is 2.20. The Morgan fingerprint density at radius 2 is 1.79 bits per heavy atom. The molecule has 0 aromatic heterocycles. The quantitative estimate of drug-likeness (QED) is 0.915. The highest BCUT2D eigenvalue weighted by Crippen LogP contribution is 2.34. The van der Waals surface area contributed by atoms with Crippen molar-refractivity contribution in [1.82, 2.24) is 0 Å². The van der Waals surface area contributed by atoms with E-state index in [4.69, 9.17) is 5.73 Å². The molecule has 1 aliphatic heterocycles. The summed E-state index contributed by atoms with van der Waals surface area (Å²) < 4.78 is 13.7. The van der Waals surface area contributed by atoms with Crippen LogP contribution in [0.5, 0.6) is 0 Å². The Balaban J connectivity index is 1.76. The highest BCUT2D eigenvalue weighted by Gasteiger charge is 2.29. The summed E-state index contributed by atoms with van der Waals surface area (Å²) in [6, 6.07) is 15.6. The van der Waals surface area contributed by atoms with E-state index in [1.807, 2.05) is 12.1 Å². The molecule has 2 aromatic carbocycles. The largest absolute Gasteiger partial charge is 0.370 e. The van der Waals surface area contributed by atoms with Crippen molar-refractivity contribution in [3.63, 3.8) is 0 Å². The zero-order chi connectivity index (χ0) is 13.2. The van der Waals surface area contributed by atoms with E-state index in [1.165, 1.54) is 11.6 Å². The Hall–Kier alpha value is -1.87. The number of anilines is 1. The van der Waals surface area contributed by atoms with Gasteiger partial charge in [0.05, 0.1) is 0 Å². The van der Waals surface area contributed by atoms with Gasteiger partial charge in [0.15, 0.2) is 0 Å². The first-order valence-corrected chi connectivity index (χ1v) is 6.57. The van der Waals surface area contributed by atoms with Crippen molar-refractivity contribution in [2.24, 2.45) is 5.73 Å². The Kier molecular flexibility index (Phi) is 3.22. The first-order chi connectivity index (χ1) is 9.29. The van der Waals surface area contributed by atoms with Gasteiger partial charge in [0.1, 0.15) is 5.82 Å². The smallest absolute Gasteiger partial charge is 0.129 e. The number of benzene rings is 2. The third kappa shape index (κ3) is 2.22. The minimum absolute atomic E-state index is 0.205. The van der Waals surface area contributed by atoms with Crippen LogP contribution >= 0.6 is 0 Å². The molecular weight excluding hydrogens is 239 g/mol. The molecule has 19 heavy (non-hydrogen) atoms. The van der Waals surface area contributed by atoms with Gasteiger partial charge in [-0.15, -0.1) is 0 Å². The van der Waals surface area contributed by atoms with Crippen molar-refractivity contribution in [3.05, 3.63) is 65.5 Å². The van der Waals surface area contributed by atoms with Crippen LogP contribution in [-0.4, -0.2) is 13.1 Å². The third-order valence-corrected chi connectivity index (χ3v) is 3.79. The van der Waals surface area contributed by atoms with Crippen LogP contribution < -0.4 is 10.6 Å². The van der Waals surface area contributed by atoms with Gasteiger partial charge in [-0.1, -0.05) is 36.4 Å². The molecular formula is C16H17FN2. The molecule has 2 aromatic rings. The van der Waals surface area contributed by atoms with E-state index in [2.05, 4.69) is 29.2 Å². The van der Waals surface area contributed by atoms with Gasteiger partial charge in [-0.2, -0.15) is 0 Å². The van der Waals surface area contributed by atoms with Gasteiger partial charge in [0, 0.05) is 36.8 Å². The number of hydrogen-bond donors (Lipinski definition) is 1. The predicted molar refractivity (Wildman–Crippen MR) is 75.7 cm³/mol. The maximum Gasteiger partial charge on any atom is 0.129 e. The van der Waals surface area contributed by atoms with E-state index in [1.54, 1.807) is 6.07 Å². The summed E-state index contributed by atoms with van der Waals surface area (Å²) in [5.74, 6) is 0.332. The fourth-order valence-corrected chi connectivity index (χ4v) is 2.66. The molecule has 0 spiro atoms. The molecule has 98 valence electrons. The van der Waals surface area contributed by atoms with E-state index in [0.717, 1.165) is 18.8 Å². The lowest BCUT2D eigenvalue weighted by Gasteiger charge is -2.42. The van der Waals surface area contributed by atoms with E-state index in [9.17, 15) is 4.39 Å². The van der Waals surface area contributed by atoms with Gasteiger partial charge in [0.2, 0.25) is 0 Å². The summed E-state index contributed by atoms with van der Waals surface area (Å²) in [5.41, 5.74) is 8.56. The highest BCUT2D eigenvalue weighted by molar-refractivity contribution is 5.57. The zero-order valence-corrected chi connectivity index (χ0v) is 10.7. The van der Waals surface area contributed by atoms with Crippen molar-refractivity contribution in [2.45, 2.75) is 12.5 Å². The molecule has 1 saturated heterocycles. The number of nitrogens with zero attached hydrogens (tertiary/aromatic N) is 1. The van der Waals surface area contributed by atoms with Gasteiger partial charge in [-0.25, -0.2) is 4.39 Å². The lowest BCUT2D eigenvalue weighted by atomic mass is 9.90. The molecule has 2 N–H and O–H groups in total. The second kappa shape index (κ2) is 5.02. The Morgan fingerprint density at radius 3 is 2.47 bits per heavy atom. The van der Waals surface area contributed by atoms with Crippen LogP contribution in [0.1, 0.15) is 17.0 Å². The Labute approximate surface area is 112 Å². The fraction of sp³-hybridized carbons (Fsp3) is 0.250. The maximum atomic E-state index is 13.7.